The van der Waals surface area contributed by atoms with Crippen molar-refractivity contribution in [1.29, 1.82) is 0 Å². The van der Waals surface area contributed by atoms with Gasteiger partial charge >= 0.3 is 0 Å². The van der Waals surface area contributed by atoms with E-state index in [0.29, 0.717) is 22.3 Å². The first kappa shape index (κ1) is 19.1. The van der Waals surface area contributed by atoms with E-state index in [2.05, 4.69) is 20.8 Å². The molecule has 1 heterocycles. The molecule has 2 unspecified atom stereocenters. The Kier molecular flexibility index (Phi) is 5.79. The molecule has 1 amide bonds. The number of nitrogens with one attached hydrogen (secondary N) is 1. The van der Waals surface area contributed by atoms with Gasteiger partial charge in [0, 0.05) is 23.6 Å². The van der Waals surface area contributed by atoms with E-state index in [9.17, 15) is 4.79 Å². The third-order valence-corrected chi connectivity index (χ3v) is 5.28. The van der Waals surface area contributed by atoms with Crippen LogP contribution in [0, 0.1) is 5.92 Å². The molecule has 4 rings (SSSR count). The molecule has 140 valence electrons. The lowest BCUT2D eigenvalue weighted by Crippen LogP contribution is -2.34. The number of hydrogen-bond donors (Lipinski definition) is 2. The highest BCUT2D eigenvalue weighted by atomic mass is 35.5. The monoisotopic (exact) mass is 396 g/mol. The molecule has 2 fully saturated rings. The summed E-state index contributed by atoms with van der Waals surface area (Å²) in [4.78, 5) is 12.5. The van der Waals surface area contributed by atoms with Gasteiger partial charge in [0.05, 0.1) is 10.7 Å². The Hall–Kier alpha value is -1.70. The molecule has 0 spiro atoms. The van der Waals surface area contributed by atoms with E-state index in [-0.39, 0.29) is 30.3 Å². The molecule has 2 aromatic rings. The van der Waals surface area contributed by atoms with Gasteiger partial charge in [0.2, 0.25) is 5.91 Å². The van der Waals surface area contributed by atoms with Gasteiger partial charge in [0.15, 0.2) is 5.82 Å². The minimum Gasteiger partial charge on any atom is -0.328 e. The van der Waals surface area contributed by atoms with Crippen LogP contribution in [0.2, 0.25) is 5.02 Å². The standard InChI is InChI=1S/C17H21ClN6O.ClH/c18-14-7-6-13(20-17(25)11-2-1-3-12(19)8-11)9-15(14)24-16(10-4-5-10)21-22-23-24;/h6-7,9-12H,1-5,8,19H2,(H,20,25);1H. The van der Waals surface area contributed by atoms with Crippen LogP contribution in [0.4, 0.5) is 5.69 Å². The number of carbonyl (C=O) groups is 1. The molecule has 2 aliphatic rings. The van der Waals surface area contributed by atoms with E-state index in [0.717, 1.165) is 44.3 Å². The van der Waals surface area contributed by atoms with E-state index in [4.69, 9.17) is 17.3 Å². The van der Waals surface area contributed by atoms with Crippen LogP contribution in [0.3, 0.4) is 0 Å². The minimum atomic E-state index is -0.0297. The van der Waals surface area contributed by atoms with Crippen LogP contribution in [-0.2, 0) is 4.79 Å². The SMILES string of the molecule is Cl.NC1CCCC(C(=O)Nc2ccc(Cl)c(-n3nnnc3C3CC3)c2)C1. The Labute approximate surface area is 163 Å². The molecule has 0 bridgehead atoms. The molecule has 26 heavy (non-hydrogen) atoms. The number of rotatable bonds is 4. The van der Waals surface area contributed by atoms with Crippen LogP contribution in [0.1, 0.15) is 50.3 Å². The summed E-state index contributed by atoms with van der Waals surface area (Å²) in [5.74, 6) is 1.21. The summed E-state index contributed by atoms with van der Waals surface area (Å²) in [6.07, 6.45) is 5.81. The maximum atomic E-state index is 12.5. The Morgan fingerprint density at radius 2 is 2.08 bits per heavy atom. The Morgan fingerprint density at radius 3 is 2.81 bits per heavy atom. The van der Waals surface area contributed by atoms with Gasteiger partial charge in [-0.3, -0.25) is 4.79 Å². The van der Waals surface area contributed by atoms with Crippen molar-refractivity contribution in [1.82, 2.24) is 20.2 Å². The Balaban J connectivity index is 0.00000196. The van der Waals surface area contributed by atoms with Gasteiger partial charge in [-0.25, -0.2) is 0 Å². The van der Waals surface area contributed by atoms with Crippen molar-refractivity contribution in [2.75, 3.05) is 5.32 Å². The lowest BCUT2D eigenvalue weighted by molar-refractivity contribution is -0.120. The highest BCUT2D eigenvalue weighted by Crippen LogP contribution is 2.40. The van der Waals surface area contributed by atoms with Crippen LogP contribution in [-0.4, -0.2) is 32.2 Å². The molecule has 2 atom stereocenters. The zero-order chi connectivity index (χ0) is 17.4. The lowest BCUT2D eigenvalue weighted by Gasteiger charge is -2.25. The molecule has 2 aliphatic carbocycles. The summed E-state index contributed by atoms with van der Waals surface area (Å²) >= 11 is 6.34. The number of benzene rings is 1. The summed E-state index contributed by atoms with van der Waals surface area (Å²) in [7, 11) is 0. The molecule has 3 N–H and O–H groups in total. The van der Waals surface area contributed by atoms with Crippen LogP contribution in [0.5, 0.6) is 0 Å². The van der Waals surface area contributed by atoms with Gasteiger partial charge in [0.1, 0.15) is 0 Å². The first-order chi connectivity index (χ1) is 12.1. The first-order valence-electron chi connectivity index (χ1n) is 8.76. The zero-order valence-electron chi connectivity index (χ0n) is 14.3. The molecular formula is C17H22Cl2N6O. The van der Waals surface area contributed by atoms with Gasteiger partial charge in [0.25, 0.3) is 0 Å². The van der Waals surface area contributed by atoms with Crippen molar-refractivity contribution < 1.29 is 4.79 Å². The summed E-state index contributed by atoms with van der Waals surface area (Å²) < 4.78 is 1.67. The highest BCUT2D eigenvalue weighted by Gasteiger charge is 2.30. The fraction of sp³-hybridized carbons (Fsp3) is 0.529. The Morgan fingerprint density at radius 1 is 1.27 bits per heavy atom. The predicted octanol–water partition coefficient (Wildman–Crippen LogP) is 3.07. The van der Waals surface area contributed by atoms with Crippen LogP contribution < -0.4 is 11.1 Å². The third-order valence-electron chi connectivity index (χ3n) is 4.96. The number of nitrogens with two attached hydrogens (primary N) is 1. The number of tetrazole rings is 1. The smallest absolute Gasteiger partial charge is 0.227 e. The van der Waals surface area contributed by atoms with Gasteiger partial charge in [-0.05, 0) is 60.7 Å². The molecule has 2 saturated carbocycles. The van der Waals surface area contributed by atoms with Crippen molar-refractivity contribution in [3.8, 4) is 5.69 Å². The van der Waals surface area contributed by atoms with E-state index >= 15 is 0 Å². The topological polar surface area (TPSA) is 98.7 Å². The second kappa shape index (κ2) is 7.90. The fourth-order valence-electron chi connectivity index (χ4n) is 3.42. The maximum absolute atomic E-state index is 12.5. The van der Waals surface area contributed by atoms with Gasteiger partial charge in [-0.1, -0.05) is 18.0 Å². The summed E-state index contributed by atoms with van der Waals surface area (Å²) in [5, 5.41) is 15.5. The van der Waals surface area contributed by atoms with Crippen molar-refractivity contribution >= 4 is 35.6 Å². The van der Waals surface area contributed by atoms with Crippen molar-refractivity contribution in [3.05, 3.63) is 29.0 Å². The number of aromatic nitrogens is 4. The van der Waals surface area contributed by atoms with Gasteiger partial charge < -0.3 is 11.1 Å². The number of anilines is 1. The lowest BCUT2D eigenvalue weighted by atomic mass is 9.85. The van der Waals surface area contributed by atoms with E-state index in [1.165, 1.54) is 0 Å². The molecule has 1 aromatic carbocycles. The molecular weight excluding hydrogens is 375 g/mol. The van der Waals surface area contributed by atoms with E-state index in [1.54, 1.807) is 16.8 Å². The summed E-state index contributed by atoms with van der Waals surface area (Å²) in [6.45, 7) is 0. The quantitative estimate of drug-likeness (QED) is 0.826. The zero-order valence-corrected chi connectivity index (χ0v) is 15.8. The van der Waals surface area contributed by atoms with Crippen LogP contribution in [0.15, 0.2) is 18.2 Å². The van der Waals surface area contributed by atoms with Crippen molar-refractivity contribution in [2.24, 2.45) is 11.7 Å². The number of halogens is 2. The van der Waals surface area contributed by atoms with Crippen LogP contribution >= 0.6 is 24.0 Å². The molecule has 1 aromatic heterocycles. The molecule has 0 saturated heterocycles. The summed E-state index contributed by atoms with van der Waals surface area (Å²) in [6, 6.07) is 5.50. The average Bonchev–Trinajstić information content (AvgIpc) is 3.34. The largest absolute Gasteiger partial charge is 0.328 e. The number of amides is 1. The third kappa shape index (κ3) is 4.00. The number of carbonyl (C=O) groups excluding carboxylic acids is 1. The molecule has 7 nitrogen and oxygen atoms in total. The second-order valence-corrected chi connectivity index (χ2v) is 7.41. The molecule has 0 radical (unpaired) electrons. The fourth-order valence-corrected chi connectivity index (χ4v) is 3.62. The second-order valence-electron chi connectivity index (χ2n) is 7.00. The average molecular weight is 397 g/mol. The molecule has 0 aliphatic heterocycles. The summed E-state index contributed by atoms with van der Waals surface area (Å²) in [5.41, 5.74) is 7.37. The highest BCUT2D eigenvalue weighted by molar-refractivity contribution is 6.32. The van der Waals surface area contributed by atoms with E-state index in [1.807, 2.05) is 6.07 Å². The maximum Gasteiger partial charge on any atom is 0.227 e. The predicted molar refractivity (Wildman–Crippen MR) is 102 cm³/mol. The molecule has 9 heteroatoms. The number of hydrogen-bond acceptors (Lipinski definition) is 5. The van der Waals surface area contributed by atoms with E-state index < -0.39 is 0 Å². The first-order valence-corrected chi connectivity index (χ1v) is 9.14. The Bertz CT molecular complexity index is 791. The number of nitrogens with zero attached hydrogens (tertiary/aromatic N) is 4. The van der Waals surface area contributed by atoms with Crippen LogP contribution in [0.25, 0.3) is 5.69 Å². The van der Waals surface area contributed by atoms with Crippen molar-refractivity contribution in [2.45, 2.75) is 50.5 Å². The van der Waals surface area contributed by atoms with Crippen molar-refractivity contribution in [3.63, 3.8) is 0 Å². The normalized spacial score (nSPS) is 22.5. The van der Waals surface area contributed by atoms with Gasteiger partial charge in [-0.2, -0.15) is 4.68 Å². The minimum absolute atomic E-state index is 0. The van der Waals surface area contributed by atoms with Gasteiger partial charge in [-0.15, -0.1) is 17.5 Å².